The Hall–Kier alpha value is 0.380. The maximum atomic E-state index is 10.2. The zero-order valence-electron chi connectivity index (χ0n) is 4.53. The van der Waals surface area contributed by atoms with Crippen LogP contribution in [0.2, 0.25) is 0 Å². The molecule has 0 bridgehead atoms. The largest absolute Gasteiger partial charge is 0.770 e. The number of nitrogens with one attached hydrogen (secondary N) is 1. The number of thioether (sulfide) groups is 1. The second kappa shape index (κ2) is 3.52. The highest BCUT2D eigenvalue weighted by Crippen LogP contribution is 2.16. The van der Waals surface area contributed by atoms with Crippen molar-refractivity contribution < 1.29 is 13.5 Å². The van der Waals surface area contributed by atoms with E-state index in [0.29, 0.717) is 12.6 Å². The Morgan fingerprint density at radius 2 is 2.67 bits per heavy atom. The van der Waals surface area contributed by atoms with E-state index < -0.39 is 15.8 Å². The van der Waals surface area contributed by atoms with Crippen molar-refractivity contribution in [1.82, 2.24) is 5.32 Å². The highest BCUT2D eigenvalue weighted by atomic mass is 32.2. The maximum absolute atomic E-state index is 10.2. The lowest BCUT2D eigenvalue weighted by atomic mass is 11.1. The quantitative estimate of drug-likeness (QED) is 0.531. The molecule has 0 aromatic carbocycles. The highest BCUT2D eigenvalue weighted by molar-refractivity contribution is 8.09. The molecule has 4 nitrogen and oxygen atoms in total. The second-order valence-corrected chi connectivity index (χ2v) is 3.72. The van der Waals surface area contributed by atoms with Gasteiger partial charge in [0.1, 0.15) is 0 Å². The highest BCUT2D eigenvalue weighted by Gasteiger charge is 2.13. The van der Waals surface area contributed by atoms with E-state index in [1.165, 1.54) is 11.8 Å². The molecule has 1 N–H and O–H groups in total. The topological polar surface area (TPSA) is 61.4 Å². The summed E-state index contributed by atoms with van der Waals surface area (Å²) in [7, 11) is 0. The first-order valence-corrected chi connectivity index (χ1v) is 4.51. The average molecular weight is 168 g/mol. The Balaban J connectivity index is 2.31. The van der Waals surface area contributed by atoms with Gasteiger partial charge in [-0.15, -0.1) is 11.8 Å². The van der Waals surface area contributed by atoms with Gasteiger partial charge in [0.25, 0.3) is 0 Å². The lowest BCUT2D eigenvalue weighted by molar-refractivity contribution is 0.131. The van der Waals surface area contributed by atoms with Gasteiger partial charge in [-0.1, -0.05) is 0 Å². The van der Waals surface area contributed by atoms with E-state index in [2.05, 4.69) is 5.32 Å². The fraction of sp³-hybridized carbons (Fsp3) is 1.00. The summed E-state index contributed by atoms with van der Waals surface area (Å²) in [6.07, 6.45) is 0. The van der Waals surface area contributed by atoms with Crippen molar-refractivity contribution in [1.29, 1.82) is 0 Å². The van der Waals surface area contributed by atoms with Crippen LogP contribution in [0.1, 0.15) is 0 Å². The molecule has 1 rings (SSSR count). The number of hydrogen-bond acceptors (Lipinski definition) is 5. The lowest BCUT2D eigenvalue weighted by Crippen LogP contribution is -2.31. The molecule has 0 aromatic rings. The molecular formula is C3H6NO3S2-. The number of rotatable bonds is 1. The Kier molecular flexibility index (Phi) is 2.93. The monoisotopic (exact) mass is 168 g/mol. The predicted molar refractivity (Wildman–Crippen MR) is 34.3 cm³/mol. The van der Waals surface area contributed by atoms with Crippen molar-refractivity contribution in [2.75, 3.05) is 12.6 Å². The normalized spacial score (nSPS) is 31.9. The smallest absolute Gasteiger partial charge is 0.168 e. The van der Waals surface area contributed by atoms with Gasteiger partial charge in [-0.3, -0.25) is 9.53 Å². The summed E-state index contributed by atoms with van der Waals surface area (Å²) in [6.45, 7) is 0.325. The second-order valence-electron chi connectivity index (χ2n) is 1.42. The first-order valence-electron chi connectivity index (χ1n) is 2.32. The molecule has 0 radical (unpaired) electrons. The van der Waals surface area contributed by atoms with Gasteiger partial charge in [0.2, 0.25) is 0 Å². The Morgan fingerprint density at radius 1 is 1.89 bits per heavy atom. The average Bonchev–Trinajstić information content (AvgIpc) is 1.90. The van der Waals surface area contributed by atoms with Crippen LogP contribution in [0.25, 0.3) is 0 Å². The van der Waals surface area contributed by atoms with Crippen molar-refractivity contribution >= 4 is 22.8 Å². The van der Waals surface area contributed by atoms with Crippen LogP contribution in [0, 0.1) is 0 Å². The van der Waals surface area contributed by atoms with Gasteiger partial charge in [-0.05, 0) is 11.1 Å². The molecule has 0 amide bonds. The Morgan fingerprint density at radius 3 is 3.00 bits per heavy atom. The molecule has 2 atom stereocenters. The van der Waals surface area contributed by atoms with Gasteiger partial charge in [0.15, 0.2) is 4.77 Å². The summed E-state index contributed by atoms with van der Waals surface area (Å²) in [5, 5.41) is 2.84. The Labute approximate surface area is 59.6 Å². The molecule has 1 saturated heterocycles. The lowest BCUT2D eigenvalue weighted by Gasteiger charge is -2.24. The minimum absolute atomic E-state index is 0.325. The molecule has 0 saturated carbocycles. The summed E-state index contributed by atoms with van der Waals surface area (Å²) in [5.41, 5.74) is 0. The van der Waals surface area contributed by atoms with Crippen LogP contribution in [0.15, 0.2) is 0 Å². The first-order chi connectivity index (χ1) is 4.30. The third-order valence-corrected chi connectivity index (χ3v) is 2.91. The minimum Gasteiger partial charge on any atom is -0.770 e. The van der Waals surface area contributed by atoms with E-state index in [0.717, 1.165) is 0 Å². The third kappa shape index (κ3) is 2.23. The van der Waals surface area contributed by atoms with E-state index in [1.807, 2.05) is 0 Å². The van der Waals surface area contributed by atoms with E-state index in [1.54, 1.807) is 0 Å². The molecule has 2 unspecified atom stereocenters. The molecule has 1 aliphatic heterocycles. The van der Waals surface area contributed by atoms with E-state index in [9.17, 15) is 8.76 Å². The fourth-order valence-corrected chi connectivity index (χ4v) is 1.78. The van der Waals surface area contributed by atoms with E-state index in [-0.39, 0.29) is 0 Å². The maximum Gasteiger partial charge on any atom is 0.168 e. The van der Waals surface area contributed by atoms with Gasteiger partial charge < -0.3 is 9.29 Å². The molecule has 0 aromatic heterocycles. The standard InChI is InChI=1S/C3H7NO3S2/c5-9(6)3-7-1-4-2-8-3/h3-4H,1-2H2,(H,5,6)/p-1. The molecule has 1 heterocycles. The van der Waals surface area contributed by atoms with Crippen LogP contribution in [-0.4, -0.2) is 26.1 Å². The van der Waals surface area contributed by atoms with Crippen molar-refractivity contribution in [3.63, 3.8) is 0 Å². The molecule has 6 heteroatoms. The van der Waals surface area contributed by atoms with Crippen LogP contribution in [0.3, 0.4) is 0 Å². The minimum atomic E-state index is -2.10. The SMILES string of the molecule is O=S([O-])C1OCNCS1. The van der Waals surface area contributed by atoms with Crippen LogP contribution < -0.4 is 5.32 Å². The summed E-state index contributed by atoms with van der Waals surface area (Å²) in [5.74, 6) is 0.638. The molecule has 54 valence electrons. The summed E-state index contributed by atoms with van der Waals surface area (Å²) in [6, 6.07) is 0. The molecule has 0 spiro atoms. The number of hydrogen-bond donors (Lipinski definition) is 1. The van der Waals surface area contributed by atoms with Crippen molar-refractivity contribution in [3.8, 4) is 0 Å². The van der Waals surface area contributed by atoms with E-state index >= 15 is 0 Å². The molecular weight excluding hydrogens is 162 g/mol. The van der Waals surface area contributed by atoms with Gasteiger partial charge in [-0.2, -0.15) is 0 Å². The van der Waals surface area contributed by atoms with Crippen molar-refractivity contribution in [3.05, 3.63) is 0 Å². The summed E-state index contributed by atoms with van der Waals surface area (Å²) >= 11 is -0.876. The number of ether oxygens (including phenoxy) is 1. The van der Waals surface area contributed by atoms with Crippen molar-refractivity contribution in [2.45, 2.75) is 4.77 Å². The molecule has 1 fully saturated rings. The zero-order chi connectivity index (χ0) is 6.69. The summed E-state index contributed by atoms with van der Waals surface area (Å²) in [4.78, 5) is 0. The summed E-state index contributed by atoms with van der Waals surface area (Å²) < 4.78 is 24.5. The van der Waals surface area contributed by atoms with Gasteiger partial charge >= 0.3 is 0 Å². The van der Waals surface area contributed by atoms with Crippen molar-refractivity contribution in [2.24, 2.45) is 0 Å². The van der Waals surface area contributed by atoms with E-state index in [4.69, 9.17) is 4.74 Å². The molecule has 0 aliphatic carbocycles. The fourth-order valence-electron chi connectivity index (χ4n) is 0.455. The molecule has 1 aliphatic rings. The van der Waals surface area contributed by atoms with Gasteiger partial charge in [0.05, 0.1) is 6.73 Å². The zero-order valence-corrected chi connectivity index (χ0v) is 6.17. The van der Waals surface area contributed by atoms with Gasteiger partial charge in [0, 0.05) is 5.88 Å². The van der Waals surface area contributed by atoms with Gasteiger partial charge in [-0.25, -0.2) is 0 Å². The first kappa shape index (κ1) is 7.49. The van der Waals surface area contributed by atoms with Crippen LogP contribution in [0.4, 0.5) is 0 Å². The third-order valence-electron chi connectivity index (χ3n) is 0.800. The van der Waals surface area contributed by atoms with Crippen LogP contribution in [0.5, 0.6) is 0 Å². The predicted octanol–water partition coefficient (Wildman–Crippen LogP) is -0.583. The van der Waals surface area contributed by atoms with Crippen LogP contribution >= 0.6 is 11.8 Å². The molecule has 9 heavy (non-hydrogen) atoms. The van der Waals surface area contributed by atoms with Crippen LogP contribution in [-0.2, 0) is 15.8 Å². The Bertz CT molecular complexity index is 114.